The monoisotopic (exact) mass is 293 g/mol. The highest BCUT2D eigenvalue weighted by Gasteiger charge is 2.24. The van der Waals surface area contributed by atoms with Gasteiger partial charge in [0.15, 0.2) is 0 Å². The van der Waals surface area contributed by atoms with Crippen molar-refractivity contribution in [1.82, 2.24) is 10.2 Å². The standard InChI is InChI=1S/C15H20FN3O2/c1-10(20)18-12-3-4-14(16)13(9-12)15(21)19-7-5-11(17-2)6-8-19/h3-4,9,11,17H,5-8H2,1-2H3,(H,18,20). The number of amides is 2. The Morgan fingerprint density at radius 1 is 1.29 bits per heavy atom. The maximum absolute atomic E-state index is 13.9. The molecule has 2 amide bonds. The van der Waals surface area contributed by atoms with Crippen LogP contribution < -0.4 is 10.6 Å². The fourth-order valence-electron chi connectivity index (χ4n) is 2.51. The minimum atomic E-state index is -0.565. The van der Waals surface area contributed by atoms with Crippen molar-refractivity contribution in [2.45, 2.75) is 25.8 Å². The molecule has 1 aliphatic heterocycles. The van der Waals surface area contributed by atoms with Crippen LogP contribution in [0.15, 0.2) is 18.2 Å². The smallest absolute Gasteiger partial charge is 0.256 e. The Kier molecular flexibility index (Phi) is 4.90. The zero-order valence-corrected chi connectivity index (χ0v) is 12.3. The maximum Gasteiger partial charge on any atom is 0.256 e. The van der Waals surface area contributed by atoms with Gasteiger partial charge >= 0.3 is 0 Å². The second-order valence-corrected chi connectivity index (χ2v) is 5.23. The number of nitrogens with zero attached hydrogens (tertiary/aromatic N) is 1. The Hall–Kier alpha value is -1.95. The zero-order valence-electron chi connectivity index (χ0n) is 12.3. The third-order valence-corrected chi connectivity index (χ3v) is 3.71. The van der Waals surface area contributed by atoms with Crippen LogP contribution in [0.2, 0.25) is 0 Å². The number of likely N-dealkylation sites (tertiary alicyclic amines) is 1. The van der Waals surface area contributed by atoms with Crippen LogP contribution in [0.25, 0.3) is 0 Å². The molecule has 0 saturated carbocycles. The van der Waals surface area contributed by atoms with E-state index in [1.54, 1.807) is 4.90 Å². The first-order valence-corrected chi connectivity index (χ1v) is 7.05. The van der Waals surface area contributed by atoms with E-state index < -0.39 is 5.82 Å². The molecule has 1 fully saturated rings. The summed E-state index contributed by atoms with van der Waals surface area (Å²) in [4.78, 5) is 25.1. The topological polar surface area (TPSA) is 61.4 Å². The van der Waals surface area contributed by atoms with Crippen LogP contribution in [-0.2, 0) is 4.79 Å². The molecule has 0 atom stereocenters. The molecule has 0 aliphatic carbocycles. The summed E-state index contributed by atoms with van der Waals surface area (Å²) >= 11 is 0. The molecule has 1 saturated heterocycles. The van der Waals surface area contributed by atoms with E-state index in [2.05, 4.69) is 10.6 Å². The fourth-order valence-corrected chi connectivity index (χ4v) is 2.51. The summed E-state index contributed by atoms with van der Waals surface area (Å²) in [7, 11) is 1.90. The molecule has 0 unspecified atom stereocenters. The molecule has 2 N–H and O–H groups in total. The Morgan fingerprint density at radius 3 is 2.52 bits per heavy atom. The lowest BCUT2D eigenvalue weighted by molar-refractivity contribution is -0.114. The van der Waals surface area contributed by atoms with Crippen LogP contribution in [0.4, 0.5) is 10.1 Å². The van der Waals surface area contributed by atoms with Gasteiger partial charge in [0.25, 0.3) is 5.91 Å². The highest BCUT2D eigenvalue weighted by atomic mass is 19.1. The van der Waals surface area contributed by atoms with Crippen LogP contribution in [0, 0.1) is 5.82 Å². The van der Waals surface area contributed by atoms with Crippen LogP contribution in [0.5, 0.6) is 0 Å². The van der Waals surface area contributed by atoms with E-state index in [9.17, 15) is 14.0 Å². The number of anilines is 1. The Balaban J connectivity index is 2.13. The Labute approximate surface area is 123 Å². The van der Waals surface area contributed by atoms with Gasteiger partial charge in [0, 0.05) is 31.7 Å². The normalized spacial score (nSPS) is 15.9. The maximum atomic E-state index is 13.9. The van der Waals surface area contributed by atoms with Crippen LogP contribution >= 0.6 is 0 Å². The van der Waals surface area contributed by atoms with Crippen molar-refractivity contribution in [3.8, 4) is 0 Å². The van der Waals surface area contributed by atoms with Gasteiger partial charge in [-0.1, -0.05) is 0 Å². The quantitative estimate of drug-likeness (QED) is 0.890. The number of rotatable bonds is 3. The minimum absolute atomic E-state index is 0.00385. The predicted molar refractivity (Wildman–Crippen MR) is 78.7 cm³/mol. The van der Waals surface area contributed by atoms with Crippen LogP contribution in [0.3, 0.4) is 0 Å². The van der Waals surface area contributed by atoms with Crippen molar-refractivity contribution in [3.05, 3.63) is 29.6 Å². The van der Waals surface area contributed by atoms with Crippen molar-refractivity contribution in [2.24, 2.45) is 0 Å². The number of nitrogens with one attached hydrogen (secondary N) is 2. The first-order valence-electron chi connectivity index (χ1n) is 7.05. The summed E-state index contributed by atoms with van der Waals surface area (Å²) in [6.07, 6.45) is 1.71. The molecule has 0 radical (unpaired) electrons. The molecule has 114 valence electrons. The molecule has 5 nitrogen and oxygen atoms in total. The van der Waals surface area contributed by atoms with Gasteiger partial charge in [-0.05, 0) is 38.1 Å². The molecule has 1 aromatic rings. The number of hydrogen-bond donors (Lipinski definition) is 2. The fraction of sp³-hybridized carbons (Fsp3) is 0.467. The van der Waals surface area contributed by atoms with Crippen molar-refractivity contribution in [2.75, 3.05) is 25.5 Å². The van der Waals surface area contributed by atoms with Crippen molar-refractivity contribution >= 4 is 17.5 Å². The number of carbonyl (C=O) groups is 2. The lowest BCUT2D eigenvalue weighted by Crippen LogP contribution is -2.44. The molecule has 1 aliphatic rings. The Bertz CT molecular complexity index is 540. The van der Waals surface area contributed by atoms with Gasteiger partial charge < -0.3 is 15.5 Å². The molecule has 1 heterocycles. The highest BCUT2D eigenvalue weighted by molar-refractivity contribution is 5.97. The first-order chi connectivity index (χ1) is 10.0. The summed E-state index contributed by atoms with van der Waals surface area (Å²) < 4.78 is 13.9. The lowest BCUT2D eigenvalue weighted by atomic mass is 10.0. The van der Waals surface area contributed by atoms with E-state index in [0.717, 1.165) is 12.8 Å². The highest BCUT2D eigenvalue weighted by Crippen LogP contribution is 2.19. The largest absolute Gasteiger partial charge is 0.338 e. The van der Waals surface area contributed by atoms with Gasteiger partial charge in [-0.3, -0.25) is 9.59 Å². The van der Waals surface area contributed by atoms with Crippen molar-refractivity contribution < 1.29 is 14.0 Å². The summed E-state index contributed by atoms with van der Waals surface area (Å²) in [6, 6.07) is 4.45. The molecule has 2 rings (SSSR count). The van der Waals surface area contributed by atoms with Crippen molar-refractivity contribution in [3.63, 3.8) is 0 Å². The van der Waals surface area contributed by atoms with E-state index >= 15 is 0 Å². The number of benzene rings is 1. The molecule has 21 heavy (non-hydrogen) atoms. The molecule has 0 bridgehead atoms. The van der Waals surface area contributed by atoms with Gasteiger partial charge in [0.05, 0.1) is 5.56 Å². The van der Waals surface area contributed by atoms with Gasteiger partial charge in [0.1, 0.15) is 5.82 Å². The van der Waals surface area contributed by atoms with E-state index in [1.807, 2.05) is 7.05 Å². The van der Waals surface area contributed by atoms with Crippen LogP contribution in [0.1, 0.15) is 30.1 Å². The van der Waals surface area contributed by atoms with Crippen molar-refractivity contribution in [1.29, 1.82) is 0 Å². The first kappa shape index (κ1) is 15.4. The van der Waals surface area contributed by atoms with E-state index in [-0.39, 0.29) is 17.4 Å². The van der Waals surface area contributed by atoms with E-state index in [0.29, 0.717) is 24.8 Å². The summed E-state index contributed by atoms with van der Waals surface area (Å²) in [6.45, 7) is 2.58. The van der Waals surface area contributed by atoms with Gasteiger partial charge in [0.2, 0.25) is 5.91 Å². The SMILES string of the molecule is CNC1CCN(C(=O)c2cc(NC(C)=O)ccc2F)CC1. The number of piperidine rings is 1. The number of halogens is 1. The van der Waals surface area contributed by atoms with Gasteiger partial charge in [-0.15, -0.1) is 0 Å². The minimum Gasteiger partial charge on any atom is -0.338 e. The Morgan fingerprint density at radius 2 is 1.95 bits per heavy atom. The molecular formula is C15H20FN3O2. The summed E-state index contributed by atoms with van der Waals surface area (Å²) in [5.41, 5.74) is 0.432. The third-order valence-electron chi connectivity index (χ3n) is 3.71. The lowest BCUT2D eigenvalue weighted by Gasteiger charge is -2.32. The van der Waals surface area contributed by atoms with Crippen LogP contribution in [-0.4, -0.2) is 42.9 Å². The summed E-state index contributed by atoms with van der Waals surface area (Å²) in [5, 5.41) is 5.75. The summed E-state index contributed by atoms with van der Waals surface area (Å²) in [5.74, 6) is -1.14. The molecule has 1 aromatic carbocycles. The third kappa shape index (κ3) is 3.78. The van der Waals surface area contributed by atoms with Gasteiger partial charge in [-0.2, -0.15) is 0 Å². The molecule has 6 heteroatoms. The molecular weight excluding hydrogens is 273 g/mol. The number of hydrogen-bond acceptors (Lipinski definition) is 3. The van der Waals surface area contributed by atoms with Gasteiger partial charge in [-0.25, -0.2) is 4.39 Å². The molecule has 0 spiro atoms. The van der Waals surface area contributed by atoms with E-state index in [4.69, 9.17) is 0 Å². The average Bonchev–Trinajstić information content (AvgIpc) is 2.48. The van der Waals surface area contributed by atoms with E-state index in [1.165, 1.54) is 25.1 Å². The predicted octanol–water partition coefficient (Wildman–Crippen LogP) is 1.61. The zero-order chi connectivity index (χ0) is 15.4. The number of carbonyl (C=O) groups excluding carboxylic acids is 2. The second kappa shape index (κ2) is 6.67. The average molecular weight is 293 g/mol. The second-order valence-electron chi connectivity index (χ2n) is 5.23. The molecule has 0 aromatic heterocycles.